The topological polar surface area (TPSA) is 46.6 Å². The Bertz CT molecular complexity index is 974. The Balaban J connectivity index is 1.67. The van der Waals surface area contributed by atoms with Gasteiger partial charge in [0.05, 0.1) is 17.1 Å². The summed E-state index contributed by atoms with van der Waals surface area (Å²) in [5.74, 6) is 0.910. The summed E-state index contributed by atoms with van der Waals surface area (Å²) in [5, 5.41) is 0. The van der Waals surface area contributed by atoms with Crippen LogP contribution >= 0.6 is 11.8 Å². The van der Waals surface area contributed by atoms with Crippen LogP contribution in [0.3, 0.4) is 0 Å². The predicted molar refractivity (Wildman–Crippen MR) is 129 cm³/mol. The second-order valence-corrected chi connectivity index (χ2v) is 10.1. The van der Waals surface area contributed by atoms with Crippen molar-refractivity contribution >= 4 is 29.1 Å². The van der Waals surface area contributed by atoms with Crippen LogP contribution in [0.5, 0.6) is 5.75 Å². The van der Waals surface area contributed by atoms with Crippen molar-refractivity contribution in [1.29, 1.82) is 0 Å². The van der Waals surface area contributed by atoms with E-state index < -0.39 is 0 Å². The molecular formula is C27H31NO3S. The lowest BCUT2D eigenvalue weighted by Crippen LogP contribution is -2.40. The van der Waals surface area contributed by atoms with Crippen LogP contribution in [0, 0.1) is 5.92 Å². The molecule has 168 valence electrons. The van der Waals surface area contributed by atoms with Gasteiger partial charge in [-0.3, -0.25) is 14.5 Å². The van der Waals surface area contributed by atoms with Crippen molar-refractivity contribution in [3.05, 3.63) is 65.1 Å². The summed E-state index contributed by atoms with van der Waals surface area (Å²) in [4.78, 5) is 30.2. The van der Waals surface area contributed by atoms with E-state index in [-0.39, 0.29) is 17.9 Å². The number of nitrogens with zero attached hydrogens (tertiary/aromatic N) is 1. The van der Waals surface area contributed by atoms with Gasteiger partial charge < -0.3 is 4.74 Å². The molecule has 2 aromatic carbocycles. The van der Waals surface area contributed by atoms with Gasteiger partial charge in [-0.25, -0.2) is 0 Å². The second kappa shape index (κ2) is 10.4. The number of carbonyl (C=O) groups is 2. The molecule has 32 heavy (non-hydrogen) atoms. The number of amides is 2. The quantitative estimate of drug-likeness (QED) is 0.367. The van der Waals surface area contributed by atoms with Crippen molar-refractivity contribution in [3.8, 4) is 5.75 Å². The minimum Gasteiger partial charge on any atom is -0.493 e. The van der Waals surface area contributed by atoms with Gasteiger partial charge in [0.25, 0.3) is 11.8 Å². The number of carbonyl (C=O) groups excluding carboxylic acids is 2. The number of ether oxygens (including phenoxy) is 1. The molecule has 2 aromatic rings. The average Bonchev–Trinajstić information content (AvgIpc) is 2.97. The van der Waals surface area contributed by atoms with Crippen LogP contribution in [-0.4, -0.2) is 29.4 Å². The van der Waals surface area contributed by atoms with E-state index in [1.54, 1.807) is 4.90 Å². The molecule has 4 nitrogen and oxygen atoms in total. The molecule has 2 aliphatic rings. The summed E-state index contributed by atoms with van der Waals surface area (Å²) in [6.07, 6.45) is 6.29. The molecular weight excluding hydrogens is 418 g/mol. The van der Waals surface area contributed by atoms with Crippen LogP contribution in [-0.2, 0) is 9.59 Å². The lowest BCUT2D eigenvalue weighted by atomic mass is 10.0. The van der Waals surface area contributed by atoms with Crippen molar-refractivity contribution in [2.45, 2.75) is 63.3 Å². The van der Waals surface area contributed by atoms with Gasteiger partial charge in [-0.05, 0) is 48.6 Å². The number of hydrogen-bond acceptors (Lipinski definition) is 4. The van der Waals surface area contributed by atoms with Crippen LogP contribution in [0.1, 0.15) is 57.9 Å². The largest absolute Gasteiger partial charge is 0.493 e. The zero-order valence-electron chi connectivity index (χ0n) is 18.9. The van der Waals surface area contributed by atoms with Gasteiger partial charge in [0.15, 0.2) is 0 Å². The van der Waals surface area contributed by atoms with Crippen molar-refractivity contribution in [3.63, 3.8) is 0 Å². The summed E-state index contributed by atoms with van der Waals surface area (Å²) in [5.41, 5.74) is 1.29. The Morgan fingerprint density at radius 1 is 0.906 bits per heavy atom. The molecule has 0 bridgehead atoms. The molecule has 0 radical (unpaired) electrons. The first-order valence-corrected chi connectivity index (χ1v) is 12.4. The molecule has 1 aliphatic carbocycles. The average molecular weight is 450 g/mol. The highest BCUT2D eigenvalue weighted by atomic mass is 32.2. The zero-order valence-corrected chi connectivity index (χ0v) is 19.7. The van der Waals surface area contributed by atoms with Crippen LogP contribution in [0.2, 0.25) is 0 Å². The van der Waals surface area contributed by atoms with E-state index >= 15 is 0 Å². The monoisotopic (exact) mass is 449 g/mol. The summed E-state index contributed by atoms with van der Waals surface area (Å²) in [6, 6.07) is 17.4. The van der Waals surface area contributed by atoms with Crippen LogP contribution in [0.15, 0.2) is 64.4 Å². The third kappa shape index (κ3) is 5.09. The molecule has 1 heterocycles. The fourth-order valence-corrected chi connectivity index (χ4v) is 5.33. The third-order valence-electron chi connectivity index (χ3n) is 5.95. The molecule has 0 N–H and O–H groups in total. The van der Waals surface area contributed by atoms with E-state index in [4.69, 9.17) is 4.74 Å². The Kier molecular flexibility index (Phi) is 7.36. The van der Waals surface area contributed by atoms with Crippen LogP contribution < -0.4 is 4.74 Å². The number of thioether (sulfide) groups is 1. The Morgan fingerprint density at radius 3 is 2.19 bits per heavy atom. The molecule has 5 heteroatoms. The zero-order chi connectivity index (χ0) is 22.5. The van der Waals surface area contributed by atoms with Gasteiger partial charge in [-0.2, -0.15) is 0 Å². The molecule has 0 saturated heterocycles. The minimum absolute atomic E-state index is 0.00461. The smallest absolute Gasteiger partial charge is 0.268 e. The predicted octanol–water partition coefficient (Wildman–Crippen LogP) is 6.32. The van der Waals surface area contributed by atoms with E-state index in [1.807, 2.05) is 54.6 Å². The standard InChI is InChI=1S/C27H31NO3S/c1-19(2)18-31-22-16-14-20(15-17-22)24-25(32-23-12-8-5-9-13-23)27(30)28(26(24)29)21-10-6-3-4-7-11-21/h5,8-9,12-17,19,21H,3-4,6-7,10-11,18H2,1-2H3. The van der Waals surface area contributed by atoms with Gasteiger partial charge in [-0.1, -0.05) is 81.6 Å². The Hall–Kier alpha value is -2.53. The third-order valence-corrected chi connectivity index (χ3v) is 7.04. The molecule has 0 atom stereocenters. The number of hydrogen-bond donors (Lipinski definition) is 0. The van der Waals surface area contributed by atoms with E-state index in [2.05, 4.69) is 13.8 Å². The summed E-state index contributed by atoms with van der Waals surface area (Å²) in [6.45, 7) is 4.86. The molecule has 0 spiro atoms. The maximum Gasteiger partial charge on any atom is 0.268 e. The fourth-order valence-electron chi connectivity index (χ4n) is 4.31. The number of benzene rings is 2. The maximum atomic E-state index is 13.6. The van der Waals surface area contributed by atoms with Gasteiger partial charge in [0.2, 0.25) is 0 Å². The molecule has 1 aliphatic heterocycles. The Labute approximate surface area is 195 Å². The lowest BCUT2D eigenvalue weighted by Gasteiger charge is -2.25. The first-order valence-electron chi connectivity index (χ1n) is 11.6. The summed E-state index contributed by atoms with van der Waals surface area (Å²) >= 11 is 1.39. The Morgan fingerprint density at radius 2 is 1.56 bits per heavy atom. The molecule has 2 amide bonds. The maximum absolute atomic E-state index is 13.6. The normalized spacial score (nSPS) is 17.9. The fraction of sp³-hybridized carbons (Fsp3) is 0.407. The van der Waals surface area contributed by atoms with Crippen LogP contribution in [0.4, 0.5) is 0 Å². The second-order valence-electron chi connectivity index (χ2n) is 8.97. The first-order chi connectivity index (χ1) is 15.5. The first kappa shape index (κ1) is 22.7. The molecule has 1 fully saturated rings. The van der Waals surface area contributed by atoms with Gasteiger partial charge in [0.1, 0.15) is 5.75 Å². The highest BCUT2D eigenvalue weighted by molar-refractivity contribution is 8.04. The number of imide groups is 1. The molecule has 1 saturated carbocycles. The van der Waals surface area contributed by atoms with E-state index in [0.29, 0.717) is 23.0 Å². The van der Waals surface area contributed by atoms with Crippen LogP contribution in [0.25, 0.3) is 5.57 Å². The van der Waals surface area contributed by atoms with E-state index in [9.17, 15) is 9.59 Å². The highest BCUT2D eigenvalue weighted by Gasteiger charge is 2.43. The van der Waals surface area contributed by atoms with Crippen molar-refractivity contribution in [1.82, 2.24) is 4.90 Å². The summed E-state index contributed by atoms with van der Waals surface area (Å²) < 4.78 is 5.80. The molecule has 0 aromatic heterocycles. The minimum atomic E-state index is -0.156. The van der Waals surface area contributed by atoms with Gasteiger partial charge in [-0.15, -0.1) is 0 Å². The SMILES string of the molecule is CC(C)COc1ccc(C2=C(Sc3ccccc3)C(=O)N(C3CCCCCC3)C2=O)cc1. The number of rotatable bonds is 7. The van der Waals surface area contributed by atoms with E-state index in [0.717, 1.165) is 41.9 Å². The molecule has 4 rings (SSSR count). The van der Waals surface area contributed by atoms with Gasteiger partial charge in [0, 0.05) is 10.9 Å². The van der Waals surface area contributed by atoms with E-state index in [1.165, 1.54) is 24.6 Å². The van der Waals surface area contributed by atoms with Crippen molar-refractivity contribution in [2.75, 3.05) is 6.61 Å². The highest BCUT2D eigenvalue weighted by Crippen LogP contribution is 2.42. The van der Waals surface area contributed by atoms with Crippen molar-refractivity contribution < 1.29 is 14.3 Å². The van der Waals surface area contributed by atoms with Gasteiger partial charge >= 0.3 is 0 Å². The molecule has 0 unspecified atom stereocenters. The lowest BCUT2D eigenvalue weighted by molar-refractivity contribution is -0.139. The summed E-state index contributed by atoms with van der Waals surface area (Å²) in [7, 11) is 0. The van der Waals surface area contributed by atoms with Crippen molar-refractivity contribution in [2.24, 2.45) is 5.92 Å².